The van der Waals surface area contributed by atoms with E-state index in [1.807, 2.05) is 19.9 Å². The van der Waals surface area contributed by atoms with E-state index in [2.05, 4.69) is 25.7 Å². The first kappa shape index (κ1) is 18.4. The van der Waals surface area contributed by atoms with Gasteiger partial charge in [0.15, 0.2) is 5.82 Å². The van der Waals surface area contributed by atoms with Gasteiger partial charge in [-0.05, 0) is 44.2 Å². The minimum absolute atomic E-state index is 0.137. The van der Waals surface area contributed by atoms with Gasteiger partial charge in [-0.3, -0.25) is 9.78 Å². The van der Waals surface area contributed by atoms with Crippen molar-refractivity contribution in [3.05, 3.63) is 59.7 Å². The molecule has 0 fully saturated rings. The van der Waals surface area contributed by atoms with Crippen molar-refractivity contribution in [3.8, 4) is 11.6 Å². The van der Waals surface area contributed by atoms with Crippen molar-refractivity contribution >= 4 is 11.7 Å². The van der Waals surface area contributed by atoms with Crippen LogP contribution in [0.1, 0.15) is 21.7 Å². The molecule has 27 heavy (non-hydrogen) atoms. The Balaban J connectivity index is 1.52. The Morgan fingerprint density at radius 1 is 1.15 bits per heavy atom. The molecule has 0 unspecified atom stereocenters. The van der Waals surface area contributed by atoms with Gasteiger partial charge in [-0.15, -0.1) is 0 Å². The van der Waals surface area contributed by atoms with Gasteiger partial charge in [0.2, 0.25) is 0 Å². The first-order valence-corrected chi connectivity index (χ1v) is 8.58. The van der Waals surface area contributed by atoms with Gasteiger partial charge in [0.1, 0.15) is 11.6 Å². The molecule has 0 aliphatic heterocycles. The van der Waals surface area contributed by atoms with Crippen LogP contribution >= 0.6 is 0 Å². The molecule has 0 saturated carbocycles. The molecule has 1 amide bonds. The van der Waals surface area contributed by atoms with Crippen LogP contribution in [0, 0.1) is 13.8 Å². The van der Waals surface area contributed by atoms with Crippen LogP contribution < -0.4 is 15.4 Å². The number of hydrogen-bond acceptors (Lipinski definition) is 6. The third-order valence-electron chi connectivity index (χ3n) is 3.92. The van der Waals surface area contributed by atoms with Crippen molar-refractivity contribution in [3.63, 3.8) is 0 Å². The van der Waals surface area contributed by atoms with Gasteiger partial charge in [-0.2, -0.15) is 5.10 Å². The lowest BCUT2D eigenvalue weighted by Gasteiger charge is -2.09. The molecule has 0 spiro atoms. The quantitative estimate of drug-likeness (QED) is 0.622. The number of benzene rings is 1. The first-order chi connectivity index (χ1) is 13.1. The standard InChI is InChI=1S/C19H22N6O2/c1-13-10-14(2)25(24-13)18-12-20-11-17(23-18)21-8-9-22-19(26)15-4-6-16(27-3)7-5-15/h4-7,10-12H,8-9H2,1-3H3,(H,21,23)(H,22,26). The highest BCUT2D eigenvalue weighted by molar-refractivity contribution is 5.94. The molecule has 0 saturated heterocycles. The minimum atomic E-state index is -0.137. The molecule has 140 valence electrons. The molecule has 1 aromatic carbocycles. The van der Waals surface area contributed by atoms with Crippen molar-refractivity contribution in [2.75, 3.05) is 25.5 Å². The van der Waals surface area contributed by atoms with Gasteiger partial charge in [-0.25, -0.2) is 9.67 Å². The monoisotopic (exact) mass is 366 g/mol. The van der Waals surface area contributed by atoms with Crippen LogP contribution in [0.3, 0.4) is 0 Å². The summed E-state index contributed by atoms with van der Waals surface area (Å²) in [6, 6.07) is 8.95. The molecule has 8 nitrogen and oxygen atoms in total. The molecular formula is C19H22N6O2. The van der Waals surface area contributed by atoms with Gasteiger partial charge in [0, 0.05) is 24.3 Å². The number of rotatable bonds is 7. The van der Waals surface area contributed by atoms with Crippen LogP contribution in [0.15, 0.2) is 42.7 Å². The summed E-state index contributed by atoms with van der Waals surface area (Å²) in [4.78, 5) is 20.8. The van der Waals surface area contributed by atoms with Crippen LogP contribution in [-0.4, -0.2) is 45.9 Å². The summed E-state index contributed by atoms with van der Waals surface area (Å²) < 4.78 is 6.83. The number of methoxy groups -OCH3 is 1. The van der Waals surface area contributed by atoms with Gasteiger partial charge in [0.05, 0.1) is 25.2 Å². The smallest absolute Gasteiger partial charge is 0.251 e. The van der Waals surface area contributed by atoms with E-state index in [4.69, 9.17) is 4.74 Å². The highest BCUT2D eigenvalue weighted by Crippen LogP contribution is 2.12. The summed E-state index contributed by atoms with van der Waals surface area (Å²) in [7, 11) is 1.59. The average molecular weight is 366 g/mol. The van der Waals surface area contributed by atoms with Crippen molar-refractivity contribution in [2.24, 2.45) is 0 Å². The van der Waals surface area contributed by atoms with Crippen LogP contribution in [0.2, 0.25) is 0 Å². The van der Waals surface area contributed by atoms with E-state index in [0.29, 0.717) is 36.0 Å². The molecule has 2 aromatic heterocycles. The number of aryl methyl sites for hydroxylation is 2. The number of hydrogen-bond donors (Lipinski definition) is 2. The Labute approximate surface area is 157 Å². The first-order valence-electron chi connectivity index (χ1n) is 8.58. The van der Waals surface area contributed by atoms with Crippen LogP contribution in [0.4, 0.5) is 5.82 Å². The van der Waals surface area contributed by atoms with E-state index >= 15 is 0 Å². The summed E-state index contributed by atoms with van der Waals surface area (Å²) >= 11 is 0. The molecule has 8 heteroatoms. The zero-order valence-electron chi connectivity index (χ0n) is 15.6. The molecule has 0 atom stereocenters. The number of anilines is 1. The molecule has 3 rings (SSSR count). The lowest BCUT2D eigenvalue weighted by molar-refractivity contribution is 0.0955. The predicted octanol–water partition coefficient (Wildman–Crippen LogP) is 2.13. The summed E-state index contributed by atoms with van der Waals surface area (Å²) in [5.41, 5.74) is 2.50. The highest BCUT2D eigenvalue weighted by atomic mass is 16.5. The molecule has 0 aliphatic carbocycles. The number of aromatic nitrogens is 4. The number of ether oxygens (including phenoxy) is 1. The zero-order chi connectivity index (χ0) is 19.2. The lowest BCUT2D eigenvalue weighted by Crippen LogP contribution is -2.28. The largest absolute Gasteiger partial charge is 0.497 e. The topological polar surface area (TPSA) is 94.0 Å². The van der Waals surface area contributed by atoms with Crippen molar-refractivity contribution in [1.29, 1.82) is 0 Å². The predicted molar refractivity (Wildman–Crippen MR) is 102 cm³/mol. The Kier molecular flexibility index (Phi) is 5.65. The fraction of sp³-hybridized carbons (Fsp3) is 0.263. The maximum Gasteiger partial charge on any atom is 0.251 e. The van der Waals surface area contributed by atoms with Crippen molar-refractivity contribution in [1.82, 2.24) is 25.1 Å². The van der Waals surface area contributed by atoms with Gasteiger partial charge in [0.25, 0.3) is 5.91 Å². The van der Waals surface area contributed by atoms with E-state index < -0.39 is 0 Å². The SMILES string of the molecule is COc1ccc(C(=O)NCCNc2cncc(-n3nc(C)cc3C)n2)cc1. The number of amides is 1. The summed E-state index contributed by atoms with van der Waals surface area (Å²) in [5.74, 6) is 1.85. The van der Waals surface area contributed by atoms with Gasteiger partial charge < -0.3 is 15.4 Å². The average Bonchev–Trinajstić information content (AvgIpc) is 3.03. The molecule has 0 radical (unpaired) electrons. The second-order valence-electron chi connectivity index (χ2n) is 6.01. The van der Waals surface area contributed by atoms with Gasteiger partial charge in [-0.1, -0.05) is 0 Å². The number of carbonyl (C=O) groups is 1. The molecular weight excluding hydrogens is 344 g/mol. The van der Waals surface area contributed by atoms with E-state index in [-0.39, 0.29) is 5.91 Å². The summed E-state index contributed by atoms with van der Waals surface area (Å²) in [5, 5.41) is 10.4. The zero-order valence-corrected chi connectivity index (χ0v) is 15.6. The Hall–Kier alpha value is -3.42. The van der Waals surface area contributed by atoms with Crippen molar-refractivity contribution in [2.45, 2.75) is 13.8 Å². The Morgan fingerprint density at radius 2 is 1.93 bits per heavy atom. The summed E-state index contributed by atoms with van der Waals surface area (Å²) in [6.07, 6.45) is 3.30. The maximum atomic E-state index is 12.1. The van der Waals surface area contributed by atoms with Crippen LogP contribution in [-0.2, 0) is 0 Å². The Morgan fingerprint density at radius 3 is 2.59 bits per heavy atom. The fourth-order valence-corrected chi connectivity index (χ4v) is 2.61. The van der Waals surface area contributed by atoms with Crippen molar-refractivity contribution < 1.29 is 9.53 Å². The molecule has 0 aliphatic rings. The Bertz CT molecular complexity index is 920. The fourth-order valence-electron chi connectivity index (χ4n) is 2.61. The van der Waals surface area contributed by atoms with Crippen LogP contribution in [0.5, 0.6) is 5.75 Å². The van der Waals surface area contributed by atoms with E-state index in [1.165, 1.54) is 0 Å². The number of nitrogens with one attached hydrogen (secondary N) is 2. The molecule has 2 N–H and O–H groups in total. The number of carbonyl (C=O) groups excluding carboxylic acids is 1. The second-order valence-corrected chi connectivity index (χ2v) is 6.01. The van der Waals surface area contributed by atoms with Gasteiger partial charge >= 0.3 is 0 Å². The third-order valence-corrected chi connectivity index (χ3v) is 3.92. The summed E-state index contributed by atoms with van der Waals surface area (Å²) in [6.45, 7) is 4.88. The molecule has 2 heterocycles. The van der Waals surface area contributed by atoms with E-state index in [0.717, 1.165) is 11.4 Å². The van der Waals surface area contributed by atoms with E-state index in [1.54, 1.807) is 48.5 Å². The maximum absolute atomic E-state index is 12.1. The molecule has 0 bridgehead atoms. The third kappa shape index (κ3) is 4.60. The lowest BCUT2D eigenvalue weighted by atomic mass is 10.2. The normalized spacial score (nSPS) is 10.5. The minimum Gasteiger partial charge on any atom is -0.497 e. The van der Waals surface area contributed by atoms with E-state index in [9.17, 15) is 4.79 Å². The van der Waals surface area contributed by atoms with Crippen LogP contribution in [0.25, 0.3) is 5.82 Å². The number of nitrogens with zero attached hydrogens (tertiary/aromatic N) is 4. The highest BCUT2D eigenvalue weighted by Gasteiger charge is 2.07. The molecule has 3 aromatic rings. The second kappa shape index (κ2) is 8.31.